The van der Waals surface area contributed by atoms with Gasteiger partial charge in [-0.05, 0) is 62.1 Å². The summed E-state index contributed by atoms with van der Waals surface area (Å²) >= 11 is 5.95. The van der Waals surface area contributed by atoms with E-state index in [1.54, 1.807) is 0 Å². The van der Waals surface area contributed by atoms with Crippen LogP contribution in [-0.4, -0.2) is 61.1 Å². The number of nitrogens with zero attached hydrogens (tertiary/aromatic N) is 2. The van der Waals surface area contributed by atoms with Gasteiger partial charge in [0.1, 0.15) is 0 Å². The molecule has 6 heteroatoms. The third-order valence-electron chi connectivity index (χ3n) is 5.48. The van der Waals surface area contributed by atoms with Crippen molar-refractivity contribution in [3.05, 3.63) is 64.2 Å². The van der Waals surface area contributed by atoms with Crippen LogP contribution < -0.4 is 5.73 Å². The Kier molecular flexibility index (Phi) is 8.14. The van der Waals surface area contributed by atoms with Crippen LogP contribution in [0.15, 0.2) is 42.5 Å². The number of benzene rings is 2. The summed E-state index contributed by atoms with van der Waals surface area (Å²) < 4.78 is 5.60. The Morgan fingerprint density at radius 1 is 1.03 bits per heavy atom. The summed E-state index contributed by atoms with van der Waals surface area (Å²) in [5, 5.41) is 0.766. The Labute approximate surface area is 184 Å². The molecule has 0 aliphatic carbocycles. The Balaban J connectivity index is 1.48. The van der Waals surface area contributed by atoms with Gasteiger partial charge in [-0.3, -0.25) is 9.69 Å². The number of halogens is 1. The van der Waals surface area contributed by atoms with Crippen molar-refractivity contribution in [3.8, 4) is 0 Å². The van der Waals surface area contributed by atoms with Crippen LogP contribution >= 0.6 is 11.6 Å². The van der Waals surface area contributed by atoms with Crippen LogP contribution in [0.2, 0.25) is 5.02 Å². The first-order chi connectivity index (χ1) is 14.4. The monoisotopic (exact) mass is 429 g/mol. The molecule has 0 unspecified atom stereocenters. The smallest absolute Gasteiger partial charge is 0.256 e. The number of anilines is 1. The summed E-state index contributed by atoms with van der Waals surface area (Å²) in [5.74, 6) is 0.0230. The van der Waals surface area contributed by atoms with E-state index in [9.17, 15) is 4.79 Å². The third kappa shape index (κ3) is 6.46. The highest BCUT2D eigenvalue weighted by Gasteiger charge is 2.23. The van der Waals surface area contributed by atoms with Gasteiger partial charge in [-0.25, -0.2) is 0 Å². The van der Waals surface area contributed by atoms with Crippen LogP contribution in [0.1, 0.15) is 35.3 Å². The zero-order valence-corrected chi connectivity index (χ0v) is 18.7. The number of nitrogen functional groups attached to an aromatic ring is 1. The topological polar surface area (TPSA) is 58.8 Å². The lowest BCUT2D eigenvalue weighted by Gasteiger charge is -2.35. The van der Waals surface area contributed by atoms with Gasteiger partial charge in [0.2, 0.25) is 0 Å². The third-order valence-corrected chi connectivity index (χ3v) is 5.73. The molecule has 1 aliphatic heterocycles. The molecule has 2 aromatic carbocycles. The van der Waals surface area contributed by atoms with Gasteiger partial charge in [-0.15, -0.1) is 0 Å². The Morgan fingerprint density at radius 3 is 2.33 bits per heavy atom. The van der Waals surface area contributed by atoms with Gasteiger partial charge in [0, 0.05) is 43.4 Å². The predicted octanol–water partition coefficient (Wildman–Crippen LogP) is 3.89. The maximum absolute atomic E-state index is 12.9. The summed E-state index contributed by atoms with van der Waals surface area (Å²) in [6.07, 6.45) is 2.00. The highest BCUT2D eigenvalue weighted by atomic mass is 35.5. The summed E-state index contributed by atoms with van der Waals surface area (Å²) in [4.78, 5) is 17.3. The van der Waals surface area contributed by atoms with Crippen LogP contribution in [0.5, 0.6) is 0 Å². The van der Waals surface area contributed by atoms with Gasteiger partial charge in [0.05, 0.1) is 18.3 Å². The molecular weight excluding hydrogens is 398 g/mol. The number of hydrogen-bond donors (Lipinski definition) is 1. The van der Waals surface area contributed by atoms with Crippen molar-refractivity contribution in [1.82, 2.24) is 9.80 Å². The molecule has 1 amide bonds. The molecule has 162 valence electrons. The normalized spacial score (nSPS) is 15.0. The van der Waals surface area contributed by atoms with Crippen molar-refractivity contribution in [1.29, 1.82) is 0 Å². The van der Waals surface area contributed by atoms with E-state index < -0.39 is 0 Å². The fraction of sp³-hybridized carbons (Fsp3) is 0.458. The Hall–Kier alpha value is -2.08. The largest absolute Gasteiger partial charge is 0.398 e. The Morgan fingerprint density at radius 2 is 1.70 bits per heavy atom. The average molecular weight is 430 g/mol. The molecule has 1 saturated heterocycles. The number of nitrogens with two attached hydrogens (primary N) is 1. The molecule has 0 atom stereocenters. The van der Waals surface area contributed by atoms with Gasteiger partial charge >= 0.3 is 0 Å². The average Bonchev–Trinajstić information content (AvgIpc) is 2.73. The molecule has 0 saturated carbocycles. The molecule has 0 spiro atoms. The molecule has 0 bridgehead atoms. The van der Waals surface area contributed by atoms with Gasteiger partial charge in [0.25, 0.3) is 5.91 Å². The fourth-order valence-electron chi connectivity index (χ4n) is 3.66. The van der Waals surface area contributed by atoms with Crippen molar-refractivity contribution >= 4 is 23.2 Å². The lowest BCUT2D eigenvalue weighted by atomic mass is 10.1. The minimum absolute atomic E-state index is 0.0230. The first-order valence-electron chi connectivity index (χ1n) is 10.7. The maximum Gasteiger partial charge on any atom is 0.256 e. The van der Waals surface area contributed by atoms with Gasteiger partial charge in [0.15, 0.2) is 0 Å². The molecule has 1 aliphatic rings. The number of carbonyl (C=O) groups excluding carboxylic acids is 1. The number of hydrogen-bond acceptors (Lipinski definition) is 4. The summed E-state index contributed by atoms with van der Waals surface area (Å²) in [5.41, 5.74) is 9.72. The van der Waals surface area contributed by atoms with E-state index in [-0.39, 0.29) is 12.0 Å². The number of carbonyl (C=O) groups is 1. The standard InChI is InChI=1S/C24H32ClN3O2/c1-18(2)30-16-10-20-5-8-22(23(26)17-20)24(29)28-14-12-27(13-15-28)11-9-19-3-6-21(25)7-4-19/h3-8,17-18H,9-16,26H2,1-2H3. The molecule has 0 radical (unpaired) electrons. The zero-order valence-electron chi connectivity index (χ0n) is 17.9. The molecule has 0 aromatic heterocycles. The van der Waals surface area contributed by atoms with E-state index in [1.165, 1.54) is 5.56 Å². The lowest BCUT2D eigenvalue weighted by molar-refractivity contribution is 0.0639. The van der Waals surface area contributed by atoms with Gasteiger partial charge in [-0.2, -0.15) is 0 Å². The van der Waals surface area contributed by atoms with Gasteiger partial charge < -0.3 is 15.4 Å². The molecule has 1 heterocycles. The van der Waals surface area contributed by atoms with E-state index in [0.29, 0.717) is 17.9 Å². The SMILES string of the molecule is CC(C)OCCc1ccc(C(=O)N2CCN(CCc3ccc(Cl)cc3)CC2)c(N)c1. The highest BCUT2D eigenvalue weighted by molar-refractivity contribution is 6.30. The van der Waals surface area contributed by atoms with E-state index in [0.717, 1.165) is 56.2 Å². The molecule has 2 aromatic rings. The minimum atomic E-state index is 0.0230. The molecule has 3 rings (SSSR count). The summed E-state index contributed by atoms with van der Waals surface area (Å²) in [6, 6.07) is 13.7. The second-order valence-electron chi connectivity index (χ2n) is 8.10. The lowest BCUT2D eigenvalue weighted by Crippen LogP contribution is -2.49. The molecule has 30 heavy (non-hydrogen) atoms. The van der Waals surface area contributed by atoms with E-state index >= 15 is 0 Å². The van der Waals surface area contributed by atoms with Crippen molar-refractivity contribution in [2.75, 3.05) is 45.1 Å². The number of amides is 1. The highest BCUT2D eigenvalue weighted by Crippen LogP contribution is 2.19. The Bertz CT molecular complexity index is 831. The second-order valence-corrected chi connectivity index (χ2v) is 8.54. The quantitative estimate of drug-likeness (QED) is 0.647. The van der Waals surface area contributed by atoms with Crippen molar-refractivity contribution < 1.29 is 9.53 Å². The van der Waals surface area contributed by atoms with Crippen LogP contribution in [0.3, 0.4) is 0 Å². The summed E-state index contributed by atoms with van der Waals surface area (Å²) in [6.45, 7) is 8.89. The maximum atomic E-state index is 12.9. The van der Waals surface area contributed by atoms with E-state index in [4.69, 9.17) is 22.1 Å². The summed E-state index contributed by atoms with van der Waals surface area (Å²) in [7, 11) is 0. The number of ether oxygens (including phenoxy) is 1. The first kappa shape index (κ1) is 22.6. The van der Waals surface area contributed by atoms with Crippen LogP contribution in [-0.2, 0) is 17.6 Å². The van der Waals surface area contributed by atoms with Gasteiger partial charge in [-0.1, -0.05) is 29.8 Å². The van der Waals surface area contributed by atoms with E-state index in [2.05, 4.69) is 17.0 Å². The van der Waals surface area contributed by atoms with Crippen molar-refractivity contribution in [2.24, 2.45) is 0 Å². The number of rotatable bonds is 8. The minimum Gasteiger partial charge on any atom is -0.398 e. The molecule has 1 fully saturated rings. The van der Waals surface area contributed by atoms with Crippen LogP contribution in [0.25, 0.3) is 0 Å². The van der Waals surface area contributed by atoms with Crippen LogP contribution in [0.4, 0.5) is 5.69 Å². The number of piperazine rings is 1. The molecule has 5 nitrogen and oxygen atoms in total. The van der Waals surface area contributed by atoms with Crippen molar-refractivity contribution in [2.45, 2.75) is 32.8 Å². The molecule has 2 N–H and O–H groups in total. The zero-order chi connectivity index (χ0) is 21.5. The first-order valence-corrected chi connectivity index (χ1v) is 11.1. The fourth-order valence-corrected chi connectivity index (χ4v) is 3.78. The second kappa shape index (κ2) is 10.8. The van der Waals surface area contributed by atoms with Crippen molar-refractivity contribution in [3.63, 3.8) is 0 Å². The van der Waals surface area contributed by atoms with Crippen LogP contribution in [0, 0.1) is 0 Å². The predicted molar refractivity (Wildman–Crippen MR) is 123 cm³/mol. The van der Waals surface area contributed by atoms with E-state index in [1.807, 2.05) is 49.1 Å². The molecular formula is C24H32ClN3O2.